The molecule has 24 heavy (non-hydrogen) atoms. The average Bonchev–Trinajstić information content (AvgIpc) is 2.78. The number of para-hydroxylation sites is 1. The van der Waals surface area contributed by atoms with E-state index in [1.165, 1.54) is 6.07 Å². The van der Waals surface area contributed by atoms with E-state index in [9.17, 15) is 14.4 Å². The molecule has 0 saturated heterocycles. The zero-order chi connectivity index (χ0) is 17.0. The lowest BCUT2D eigenvalue weighted by atomic mass is 9.97. The van der Waals surface area contributed by atoms with Gasteiger partial charge in [-0.3, -0.25) is 14.4 Å². The minimum absolute atomic E-state index is 0.191. The fourth-order valence-corrected chi connectivity index (χ4v) is 3.56. The second-order valence-corrected chi connectivity index (χ2v) is 6.30. The summed E-state index contributed by atoms with van der Waals surface area (Å²) in [5.41, 5.74) is 3.48. The number of aromatic nitrogens is 1. The van der Waals surface area contributed by atoms with Gasteiger partial charge in [0.1, 0.15) is 5.92 Å². The van der Waals surface area contributed by atoms with Gasteiger partial charge in [-0.2, -0.15) is 0 Å². The van der Waals surface area contributed by atoms with Gasteiger partial charge in [0.25, 0.3) is 0 Å². The van der Waals surface area contributed by atoms with E-state index >= 15 is 0 Å². The summed E-state index contributed by atoms with van der Waals surface area (Å²) in [5, 5.41) is 0.545. The lowest BCUT2D eigenvalue weighted by Crippen LogP contribution is -2.17. The van der Waals surface area contributed by atoms with Crippen molar-refractivity contribution in [2.75, 3.05) is 0 Å². The number of hydrogen-bond donors (Lipinski definition) is 1. The van der Waals surface area contributed by atoms with E-state index in [1.807, 2.05) is 26.0 Å². The SMILES string of the molecule is Cc1cc(C)c2c(c1)C(=O)[C@H](c1cc(=O)c3ccccc3[nH]1)C2=O. The first-order valence-corrected chi connectivity index (χ1v) is 7.79. The second kappa shape index (κ2) is 4.99. The van der Waals surface area contributed by atoms with Crippen molar-refractivity contribution < 1.29 is 9.59 Å². The summed E-state index contributed by atoms with van der Waals surface area (Å²) >= 11 is 0. The summed E-state index contributed by atoms with van der Waals surface area (Å²) in [6.45, 7) is 3.73. The maximum absolute atomic E-state index is 12.8. The second-order valence-electron chi connectivity index (χ2n) is 6.30. The number of carbonyl (C=O) groups excluding carboxylic acids is 2. The van der Waals surface area contributed by atoms with Gasteiger partial charge in [0.15, 0.2) is 17.0 Å². The van der Waals surface area contributed by atoms with Crippen molar-refractivity contribution in [2.45, 2.75) is 19.8 Å². The van der Waals surface area contributed by atoms with Crippen molar-refractivity contribution in [3.8, 4) is 0 Å². The molecular formula is C20H15NO3. The van der Waals surface area contributed by atoms with Crippen LogP contribution >= 0.6 is 0 Å². The smallest absolute Gasteiger partial charge is 0.189 e. The Bertz CT molecular complexity index is 1090. The van der Waals surface area contributed by atoms with Crippen LogP contribution in [-0.4, -0.2) is 16.6 Å². The highest BCUT2D eigenvalue weighted by molar-refractivity contribution is 6.30. The van der Waals surface area contributed by atoms with E-state index in [4.69, 9.17) is 0 Å². The predicted molar refractivity (Wildman–Crippen MR) is 91.9 cm³/mol. The molecule has 4 heteroatoms. The van der Waals surface area contributed by atoms with E-state index in [1.54, 1.807) is 24.3 Å². The van der Waals surface area contributed by atoms with Crippen LogP contribution < -0.4 is 5.43 Å². The van der Waals surface area contributed by atoms with E-state index in [-0.39, 0.29) is 17.0 Å². The number of benzene rings is 2. The molecule has 4 rings (SSSR count). The first kappa shape index (κ1) is 14.6. The maximum Gasteiger partial charge on any atom is 0.189 e. The van der Waals surface area contributed by atoms with E-state index < -0.39 is 5.92 Å². The Morgan fingerprint density at radius 3 is 2.46 bits per heavy atom. The fraction of sp³-hybridized carbons (Fsp3) is 0.150. The molecule has 3 aromatic rings. The lowest BCUT2D eigenvalue weighted by Gasteiger charge is -2.09. The fourth-order valence-electron chi connectivity index (χ4n) is 3.56. The number of hydrogen-bond acceptors (Lipinski definition) is 3. The minimum Gasteiger partial charge on any atom is -0.357 e. The lowest BCUT2D eigenvalue weighted by molar-refractivity contribution is 0.0888. The number of aromatic amines is 1. The van der Waals surface area contributed by atoms with Gasteiger partial charge in [0, 0.05) is 33.8 Å². The van der Waals surface area contributed by atoms with Crippen molar-refractivity contribution in [3.63, 3.8) is 0 Å². The number of H-pyrrole nitrogens is 1. The monoisotopic (exact) mass is 317 g/mol. The van der Waals surface area contributed by atoms with Gasteiger partial charge in [-0.1, -0.05) is 23.8 Å². The number of carbonyl (C=O) groups is 2. The normalized spacial score (nSPS) is 16.7. The molecule has 1 atom stereocenters. The van der Waals surface area contributed by atoms with Gasteiger partial charge in [-0.05, 0) is 37.6 Å². The molecule has 0 saturated carbocycles. The van der Waals surface area contributed by atoms with Gasteiger partial charge in [-0.15, -0.1) is 0 Å². The molecular weight excluding hydrogens is 302 g/mol. The molecule has 0 aliphatic heterocycles. The molecule has 4 nitrogen and oxygen atoms in total. The molecule has 0 fully saturated rings. The summed E-state index contributed by atoms with van der Waals surface area (Å²) in [4.78, 5) is 41.1. The number of pyridine rings is 1. The van der Waals surface area contributed by atoms with Crippen molar-refractivity contribution >= 4 is 22.5 Å². The van der Waals surface area contributed by atoms with Gasteiger partial charge >= 0.3 is 0 Å². The van der Waals surface area contributed by atoms with E-state index in [0.717, 1.165) is 11.1 Å². The van der Waals surface area contributed by atoms with Gasteiger partial charge in [-0.25, -0.2) is 0 Å². The maximum atomic E-state index is 12.8. The minimum atomic E-state index is -0.960. The summed E-state index contributed by atoms with van der Waals surface area (Å²) in [6.07, 6.45) is 0. The molecule has 1 aliphatic rings. The summed E-state index contributed by atoms with van der Waals surface area (Å²) in [6, 6.07) is 12.1. The van der Waals surface area contributed by atoms with Crippen LogP contribution in [0.4, 0.5) is 0 Å². The molecule has 118 valence electrons. The largest absolute Gasteiger partial charge is 0.357 e. The molecule has 0 amide bonds. The van der Waals surface area contributed by atoms with Crippen LogP contribution in [-0.2, 0) is 0 Å². The van der Waals surface area contributed by atoms with Crippen molar-refractivity contribution in [1.82, 2.24) is 4.98 Å². The number of fused-ring (bicyclic) bond motifs is 2. The third-order valence-corrected chi connectivity index (χ3v) is 4.59. The average molecular weight is 317 g/mol. The number of aryl methyl sites for hydroxylation is 2. The quantitative estimate of drug-likeness (QED) is 0.700. The van der Waals surface area contributed by atoms with Crippen molar-refractivity contribution in [2.24, 2.45) is 0 Å². The molecule has 2 aromatic carbocycles. The Kier molecular flexibility index (Phi) is 3.03. The highest BCUT2D eigenvalue weighted by Gasteiger charge is 2.41. The molecule has 1 heterocycles. The van der Waals surface area contributed by atoms with Crippen molar-refractivity contribution in [3.05, 3.63) is 80.6 Å². The van der Waals surface area contributed by atoms with Gasteiger partial charge in [0.05, 0.1) is 0 Å². The summed E-state index contributed by atoms with van der Waals surface area (Å²) in [5.74, 6) is -1.44. The van der Waals surface area contributed by atoms with Crippen LogP contribution in [0.5, 0.6) is 0 Å². The molecule has 0 unspecified atom stereocenters. The Morgan fingerprint density at radius 1 is 0.917 bits per heavy atom. The number of nitrogens with one attached hydrogen (secondary N) is 1. The van der Waals surface area contributed by atoms with E-state index in [2.05, 4.69) is 4.98 Å². The van der Waals surface area contributed by atoms with Crippen LogP contribution in [0.1, 0.15) is 43.5 Å². The Labute approximate surface area is 138 Å². The third kappa shape index (κ3) is 1.96. The van der Waals surface area contributed by atoms with Crippen LogP contribution in [0.3, 0.4) is 0 Å². The van der Waals surface area contributed by atoms with Crippen LogP contribution in [0, 0.1) is 13.8 Å². The highest BCUT2D eigenvalue weighted by Crippen LogP contribution is 2.35. The van der Waals surface area contributed by atoms with Crippen molar-refractivity contribution in [1.29, 1.82) is 0 Å². The van der Waals surface area contributed by atoms with Gasteiger partial charge < -0.3 is 4.98 Å². The first-order valence-electron chi connectivity index (χ1n) is 7.79. The zero-order valence-corrected chi connectivity index (χ0v) is 13.3. The number of ketones is 2. The molecule has 1 N–H and O–H groups in total. The van der Waals surface area contributed by atoms with Gasteiger partial charge in [0.2, 0.25) is 0 Å². The predicted octanol–water partition coefficient (Wildman–Crippen LogP) is 3.31. The zero-order valence-electron chi connectivity index (χ0n) is 13.3. The van der Waals surface area contributed by atoms with Crippen LogP contribution in [0.15, 0.2) is 47.3 Å². The summed E-state index contributed by atoms with van der Waals surface area (Å²) in [7, 11) is 0. The van der Waals surface area contributed by atoms with Crippen LogP contribution in [0.2, 0.25) is 0 Å². The molecule has 1 aliphatic carbocycles. The third-order valence-electron chi connectivity index (χ3n) is 4.59. The molecule has 0 bridgehead atoms. The molecule has 0 spiro atoms. The standard InChI is InChI=1S/C20H15NO3/c1-10-7-11(2)17-13(8-10)19(23)18(20(17)24)15-9-16(22)12-5-3-4-6-14(12)21-15/h3-9,18H,1-2H3,(H,21,22)/t18-/m0/s1. The topological polar surface area (TPSA) is 67.0 Å². The number of rotatable bonds is 1. The molecule has 0 radical (unpaired) electrons. The number of Topliss-reactive ketones (excluding diaryl/α,β-unsaturated/α-hetero) is 2. The van der Waals surface area contributed by atoms with Crippen LogP contribution in [0.25, 0.3) is 10.9 Å². The Morgan fingerprint density at radius 2 is 1.67 bits per heavy atom. The first-order chi connectivity index (χ1) is 11.5. The Balaban J connectivity index is 1.93. The summed E-state index contributed by atoms with van der Waals surface area (Å²) < 4.78 is 0. The molecule has 1 aromatic heterocycles. The van der Waals surface area contributed by atoms with E-state index in [0.29, 0.717) is 27.7 Å². The highest BCUT2D eigenvalue weighted by atomic mass is 16.2. The Hall–Kier alpha value is -3.01.